The van der Waals surface area contributed by atoms with Crippen molar-refractivity contribution in [2.45, 2.75) is 45.6 Å². The van der Waals surface area contributed by atoms with Crippen LogP contribution in [0, 0.1) is 13.8 Å². The smallest absolute Gasteiger partial charge is 0.222 e. The van der Waals surface area contributed by atoms with E-state index in [0.29, 0.717) is 19.1 Å². The average Bonchev–Trinajstić information content (AvgIpc) is 2.54. The van der Waals surface area contributed by atoms with Crippen molar-refractivity contribution in [3.05, 3.63) is 29.3 Å². The number of halogens is 1. The summed E-state index contributed by atoms with van der Waals surface area (Å²) in [6.45, 7) is 6.53. The highest BCUT2D eigenvalue weighted by molar-refractivity contribution is 5.85. The highest BCUT2D eigenvalue weighted by Gasteiger charge is 2.21. The number of ether oxygens (including phenoxy) is 1. The standard InChI is InChI=1S/C18H28N2O2.ClH/c1-14-6-7-17(13-15(14)2)22-12-4-5-18(21)20-10-8-16(19-3)9-11-20;/h6-7,13,16,19H,4-5,8-12H2,1-3H3;1H. The van der Waals surface area contributed by atoms with Gasteiger partial charge in [0.25, 0.3) is 0 Å². The first-order chi connectivity index (χ1) is 10.6. The van der Waals surface area contributed by atoms with Gasteiger partial charge in [-0.2, -0.15) is 0 Å². The highest BCUT2D eigenvalue weighted by Crippen LogP contribution is 2.17. The van der Waals surface area contributed by atoms with Crippen molar-refractivity contribution in [3.63, 3.8) is 0 Å². The third-order valence-electron chi connectivity index (χ3n) is 4.54. The minimum atomic E-state index is 0. The molecule has 0 unspecified atom stereocenters. The van der Waals surface area contributed by atoms with E-state index in [1.165, 1.54) is 11.1 Å². The lowest BCUT2D eigenvalue weighted by Crippen LogP contribution is -2.43. The summed E-state index contributed by atoms with van der Waals surface area (Å²) in [7, 11) is 1.99. The van der Waals surface area contributed by atoms with Crippen molar-refractivity contribution in [1.29, 1.82) is 0 Å². The Balaban J connectivity index is 0.00000264. The van der Waals surface area contributed by atoms with Gasteiger partial charge in [0.05, 0.1) is 6.61 Å². The van der Waals surface area contributed by atoms with Crippen LogP contribution in [-0.2, 0) is 4.79 Å². The zero-order valence-corrected chi connectivity index (χ0v) is 15.2. The molecule has 1 fully saturated rings. The summed E-state index contributed by atoms with van der Waals surface area (Å²) in [4.78, 5) is 14.1. The molecule has 0 aromatic heterocycles. The number of piperidine rings is 1. The fraction of sp³-hybridized carbons (Fsp3) is 0.611. The first-order valence-electron chi connectivity index (χ1n) is 8.25. The number of nitrogens with zero attached hydrogens (tertiary/aromatic N) is 1. The molecule has 0 aliphatic carbocycles. The summed E-state index contributed by atoms with van der Waals surface area (Å²) in [5.41, 5.74) is 2.51. The molecule has 130 valence electrons. The minimum absolute atomic E-state index is 0. The fourth-order valence-electron chi connectivity index (χ4n) is 2.79. The number of carbonyl (C=O) groups is 1. The van der Waals surface area contributed by atoms with Crippen LogP contribution in [-0.4, -0.2) is 43.6 Å². The number of likely N-dealkylation sites (tertiary alicyclic amines) is 1. The first-order valence-corrected chi connectivity index (χ1v) is 8.25. The van der Waals surface area contributed by atoms with Crippen molar-refractivity contribution in [3.8, 4) is 5.75 Å². The lowest BCUT2D eigenvalue weighted by Gasteiger charge is -2.31. The predicted molar refractivity (Wildman–Crippen MR) is 96.6 cm³/mol. The topological polar surface area (TPSA) is 41.6 Å². The van der Waals surface area contributed by atoms with Gasteiger partial charge in [-0.1, -0.05) is 6.07 Å². The molecule has 1 heterocycles. The number of hydrogen-bond acceptors (Lipinski definition) is 3. The number of nitrogens with one attached hydrogen (secondary N) is 1. The second-order valence-corrected chi connectivity index (χ2v) is 6.14. The van der Waals surface area contributed by atoms with Crippen LogP contribution in [0.2, 0.25) is 0 Å². The van der Waals surface area contributed by atoms with E-state index in [1.54, 1.807) is 0 Å². The molecular weight excluding hydrogens is 312 g/mol. The number of aryl methyl sites for hydroxylation is 2. The quantitative estimate of drug-likeness (QED) is 0.809. The molecule has 1 aliphatic heterocycles. The molecule has 0 bridgehead atoms. The van der Waals surface area contributed by atoms with Gasteiger partial charge in [-0.25, -0.2) is 0 Å². The molecule has 1 amide bonds. The van der Waals surface area contributed by atoms with Gasteiger partial charge in [-0.05, 0) is 63.4 Å². The van der Waals surface area contributed by atoms with E-state index in [-0.39, 0.29) is 18.3 Å². The molecule has 0 spiro atoms. The molecule has 5 heteroatoms. The molecule has 1 N–H and O–H groups in total. The number of rotatable bonds is 6. The van der Waals surface area contributed by atoms with Crippen molar-refractivity contribution >= 4 is 18.3 Å². The predicted octanol–water partition coefficient (Wildman–Crippen LogP) is 3.09. The lowest BCUT2D eigenvalue weighted by atomic mass is 10.0. The Morgan fingerprint density at radius 1 is 1.26 bits per heavy atom. The molecule has 1 aliphatic rings. The Hall–Kier alpha value is -1.26. The minimum Gasteiger partial charge on any atom is -0.494 e. The third-order valence-corrected chi connectivity index (χ3v) is 4.54. The van der Waals surface area contributed by atoms with E-state index in [1.807, 2.05) is 18.0 Å². The SMILES string of the molecule is CNC1CCN(C(=O)CCCOc2ccc(C)c(C)c2)CC1.Cl. The van der Waals surface area contributed by atoms with Crippen LogP contribution in [0.1, 0.15) is 36.8 Å². The first kappa shape index (κ1) is 19.8. The van der Waals surface area contributed by atoms with Crippen LogP contribution in [0.5, 0.6) is 5.75 Å². The molecule has 1 saturated heterocycles. The van der Waals surface area contributed by atoms with Gasteiger partial charge in [-0.3, -0.25) is 4.79 Å². The monoisotopic (exact) mass is 340 g/mol. The number of amides is 1. The van der Waals surface area contributed by atoms with Crippen LogP contribution < -0.4 is 10.1 Å². The van der Waals surface area contributed by atoms with E-state index >= 15 is 0 Å². The van der Waals surface area contributed by atoms with Crippen LogP contribution in [0.3, 0.4) is 0 Å². The van der Waals surface area contributed by atoms with Gasteiger partial charge in [0.2, 0.25) is 5.91 Å². The van der Waals surface area contributed by atoms with Crippen LogP contribution in [0.4, 0.5) is 0 Å². The fourth-order valence-corrected chi connectivity index (χ4v) is 2.79. The van der Waals surface area contributed by atoms with Crippen molar-refractivity contribution in [1.82, 2.24) is 10.2 Å². The van der Waals surface area contributed by atoms with Crippen molar-refractivity contribution < 1.29 is 9.53 Å². The number of benzene rings is 1. The van der Waals surface area contributed by atoms with E-state index in [0.717, 1.165) is 38.1 Å². The van der Waals surface area contributed by atoms with Crippen molar-refractivity contribution in [2.75, 3.05) is 26.7 Å². The molecule has 0 atom stereocenters. The van der Waals surface area contributed by atoms with Crippen LogP contribution in [0.15, 0.2) is 18.2 Å². The summed E-state index contributed by atoms with van der Waals surface area (Å²) >= 11 is 0. The molecule has 0 saturated carbocycles. The summed E-state index contributed by atoms with van der Waals surface area (Å²) < 4.78 is 5.73. The van der Waals surface area contributed by atoms with Gasteiger partial charge < -0.3 is 15.0 Å². The maximum Gasteiger partial charge on any atom is 0.222 e. The summed E-state index contributed by atoms with van der Waals surface area (Å²) in [6.07, 6.45) is 3.47. The van der Waals surface area contributed by atoms with E-state index < -0.39 is 0 Å². The molecule has 23 heavy (non-hydrogen) atoms. The lowest BCUT2D eigenvalue weighted by molar-refractivity contribution is -0.132. The van der Waals surface area contributed by atoms with E-state index in [2.05, 4.69) is 31.3 Å². The number of carbonyl (C=O) groups excluding carboxylic acids is 1. The Morgan fingerprint density at radius 2 is 1.96 bits per heavy atom. The summed E-state index contributed by atoms with van der Waals surface area (Å²) in [6, 6.07) is 6.69. The molecule has 1 aromatic carbocycles. The zero-order chi connectivity index (χ0) is 15.9. The van der Waals surface area contributed by atoms with Gasteiger partial charge in [0.1, 0.15) is 5.75 Å². The Kier molecular flexibility index (Phi) is 8.42. The Morgan fingerprint density at radius 3 is 2.57 bits per heavy atom. The summed E-state index contributed by atoms with van der Waals surface area (Å²) in [5, 5.41) is 3.28. The summed E-state index contributed by atoms with van der Waals surface area (Å²) in [5.74, 6) is 1.16. The highest BCUT2D eigenvalue weighted by atomic mass is 35.5. The van der Waals surface area contributed by atoms with Crippen LogP contribution in [0.25, 0.3) is 0 Å². The zero-order valence-electron chi connectivity index (χ0n) is 14.4. The van der Waals surface area contributed by atoms with E-state index in [9.17, 15) is 4.79 Å². The van der Waals surface area contributed by atoms with Crippen LogP contribution >= 0.6 is 12.4 Å². The normalized spacial score (nSPS) is 15.2. The molecule has 0 radical (unpaired) electrons. The van der Waals surface area contributed by atoms with Crippen molar-refractivity contribution in [2.24, 2.45) is 0 Å². The van der Waals surface area contributed by atoms with Gasteiger partial charge in [0, 0.05) is 25.6 Å². The third kappa shape index (κ3) is 6.04. The second kappa shape index (κ2) is 9.78. The molecule has 2 rings (SSSR count). The van der Waals surface area contributed by atoms with Gasteiger partial charge in [0.15, 0.2) is 0 Å². The van der Waals surface area contributed by atoms with E-state index in [4.69, 9.17) is 4.74 Å². The molecule has 1 aromatic rings. The largest absolute Gasteiger partial charge is 0.494 e. The second-order valence-electron chi connectivity index (χ2n) is 6.14. The average molecular weight is 341 g/mol. The molecular formula is C18H29ClN2O2. The Labute approximate surface area is 146 Å². The molecule has 4 nitrogen and oxygen atoms in total. The number of hydrogen-bond donors (Lipinski definition) is 1. The van der Waals surface area contributed by atoms with Gasteiger partial charge >= 0.3 is 0 Å². The van der Waals surface area contributed by atoms with Gasteiger partial charge in [-0.15, -0.1) is 12.4 Å². The Bertz CT molecular complexity index is 500. The maximum atomic E-state index is 12.2. The maximum absolute atomic E-state index is 12.2.